The SMILES string of the molecule is CC(C)(Nc1cccc(Br)c1C(=O)O)c1nccs1. The maximum absolute atomic E-state index is 11.3. The van der Waals surface area contributed by atoms with Gasteiger partial charge in [0.15, 0.2) is 0 Å². The number of nitrogens with zero attached hydrogens (tertiary/aromatic N) is 1. The number of rotatable bonds is 4. The van der Waals surface area contributed by atoms with Crippen LogP contribution in [0.1, 0.15) is 29.2 Å². The van der Waals surface area contributed by atoms with Crippen LogP contribution in [-0.2, 0) is 5.54 Å². The van der Waals surface area contributed by atoms with Crippen LogP contribution < -0.4 is 5.32 Å². The summed E-state index contributed by atoms with van der Waals surface area (Å²) in [7, 11) is 0. The van der Waals surface area contributed by atoms with Crippen molar-refractivity contribution in [3.8, 4) is 0 Å². The minimum Gasteiger partial charge on any atom is -0.478 e. The number of aromatic nitrogens is 1. The minimum atomic E-state index is -0.968. The standard InChI is InChI=1S/C13H13BrN2O2S/c1-13(2,12-15-6-7-19-12)16-9-5-3-4-8(14)10(9)11(17)18/h3-7,16H,1-2H3,(H,17,18). The van der Waals surface area contributed by atoms with Crippen LogP contribution in [0.25, 0.3) is 0 Å². The van der Waals surface area contributed by atoms with Crippen LogP contribution in [0.3, 0.4) is 0 Å². The van der Waals surface area contributed by atoms with Gasteiger partial charge in [0, 0.05) is 16.0 Å². The summed E-state index contributed by atoms with van der Waals surface area (Å²) in [6, 6.07) is 5.27. The van der Waals surface area contributed by atoms with Crippen LogP contribution in [0, 0.1) is 0 Å². The number of halogens is 1. The molecule has 0 saturated carbocycles. The van der Waals surface area contributed by atoms with E-state index in [4.69, 9.17) is 0 Å². The average molecular weight is 341 g/mol. The first-order chi connectivity index (χ1) is 8.92. The molecule has 100 valence electrons. The molecule has 0 amide bonds. The molecule has 0 aliphatic rings. The van der Waals surface area contributed by atoms with Gasteiger partial charge in [0.05, 0.1) is 16.8 Å². The van der Waals surface area contributed by atoms with Gasteiger partial charge >= 0.3 is 5.97 Å². The molecule has 2 N–H and O–H groups in total. The molecule has 0 aliphatic carbocycles. The van der Waals surface area contributed by atoms with Crippen LogP contribution in [0.2, 0.25) is 0 Å². The van der Waals surface area contributed by atoms with Crippen LogP contribution in [0.5, 0.6) is 0 Å². The Hall–Kier alpha value is -1.40. The highest BCUT2D eigenvalue weighted by Crippen LogP contribution is 2.31. The van der Waals surface area contributed by atoms with Crippen molar-refractivity contribution >= 4 is 38.9 Å². The molecule has 0 fully saturated rings. The summed E-state index contributed by atoms with van der Waals surface area (Å²) < 4.78 is 0.555. The molecule has 0 radical (unpaired) electrons. The number of hydrogen-bond donors (Lipinski definition) is 2. The number of carboxylic acids is 1. The van der Waals surface area contributed by atoms with Crippen molar-refractivity contribution in [1.29, 1.82) is 0 Å². The number of benzene rings is 1. The predicted octanol–water partition coefficient (Wildman–Crippen LogP) is 3.95. The van der Waals surface area contributed by atoms with E-state index in [0.29, 0.717) is 10.2 Å². The third-order valence-corrected chi connectivity index (χ3v) is 4.40. The summed E-state index contributed by atoms with van der Waals surface area (Å²) in [5.41, 5.74) is 0.369. The molecule has 2 aromatic rings. The van der Waals surface area contributed by atoms with Crippen LogP contribution in [-0.4, -0.2) is 16.1 Å². The molecular formula is C13H13BrN2O2S. The van der Waals surface area contributed by atoms with E-state index in [1.165, 1.54) is 11.3 Å². The van der Waals surface area contributed by atoms with Gasteiger partial charge in [0.2, 0.25) is 0 Å². The summed E-state index contributed by atoms with van der Waals surface area (Å²) in [6.07, 6.45) is 1.74. The lowest BCUT2D eigenvalue weighted by Gasteiger charge is -2.26. The molecule has 1 aromatic heterocycles. The lowest BCUT2D eigenvalue weighted by atomic mass is 10.0. The van der Waals surface area contributed by atoms with Crippen LogP contribution in [0.15, 0.2) is 34.2 Å². The Balaban J connectivity index is 2.39. The van der Waals surface area contributed by atoms with Crippen molar-refractivity contribution < 1.29 is 9.90 Å². The van der Waals surface area contributed by atoms with E-state index in [9.17, 15) is 9.90 Å². The Kier molecular flexibility index (Phi) is 3.91. The first kappa shape index (κ1) is 14.0. The smallest absolute Gasteiger partial charge is 0.338 e. The Bertz CT molecular complexity index is 597. The number of carbonyl (C=O) groups is 1. The predicted molar refractivity (Wildman–Crippen MR) is 79.9 cm³/mol. The minimum absolute atomic E-state index is 0.229. The van der Waals surface area contributed by atoms with Gasteiger partial charge < -0.3 is 10.4 Å². The molecule has 0 spiro atoms. The largest absolute Gasteiger partial charge is 0.478 e. The Morgan fingerprint density at radius 2 is 2.21 bits per heavy atom. The quantitative estimate of drug-likeness (QED) is 0.884. The Labute approximate surface area is 123 Å². The number of anilines is 1. The van der Waals surface area contributed by atoms with E-state index >= 15 is 0 Å². The second-order valence-corrected chi connectivity index (χ2v) is 6.30. The van der Waals surface area contributed by atoms with E-state index in [0.717, 1.165) is 5.01 Å². The first-order valence-corrected chi connectivity index (χ1v) is 7.29. The van der Waals surface area contributed by atoms with Crippen molar-refractivity contribution in [3.63, 3.8) is 0 Å². The molecule has 6 heteroatoms. The fourth-order valence-corrected chi connectivity index (χ4v) is 3.02. The summed E-state index contributed by atoms with van der Waals surface area (Å²) in [4.78, 5) is 15.6. The van der Waals surface area contributed by atoms with Gasteiger partial charge in [0.25, 0.3) is 0 Å². The van der Waals surface area contributed by atoms with Crippen molar-refractivity contribution in [2.75, 3.05) is 5.32 Å². The topological polar surface area (TPSA) is 62.2 Å². The van der Waals surface area contributed by atoms with Crippen molar-refractivity contribution in [1.82, 2.24) is 4.98 Å². The molecule has 19 heavy (non-hydrogen) atoms. The molecule has 0 unspecified atom stereocenters. The lowest BCUT2D eigenvalue weighted by molar-refractivity contribution is 0.0697. The number of hydrogen-bond acceptors (Lipinski definition) is 4. The summed E-state index contributed by atoms with van der Waals surface area (Å²) >= 11 is 4.80. The van der Waals surface area contributed by atoms with Gasteiger partial charge in [-0.1, -0.05) is 6.07 Å². The van der Waals surface area contributed by atoms with Crippen LogP contribution in [0.4, 0.5) is 5.69 Å². The maximum atomic E-state index is 11.3. The highest BCUT2D eigenvalue weighted by atomic mass is 79.9. The number of thiazole rings is 1. The monoisotopic (exact) mass is 340 g/mol. The van der Waals surface area contributed by atoms with Crippen molar-refractivity contribution in [2.24, 2.45) is 0 Å². The van der Waals surface area contributed by atoms with Gasteiger partial charge in [-0.2, -0.15) is 0 Å². The van der Waals surface area contributed by atoms with E-state index in [-0.39, 0.29) is 5.56 Å². The van der Waals surface area contributed by atoms with E-state index < -0.39 is 11.5 Å². The lowest BCUT2D eigenvalue weighted by Crippen LogP contribution is -2.28. The van der Waals surface area contributed by atoms with Crippen molar-refractivity contribution in [3.05, 3.63) is 44.8 Å². The fraction of sp³-hybridized carbons (Fsp3) is 0.231. The number of carboxylic acid groups (broad SMARTS) is 1. The molecule has 0 saturated heterocycles. The van der Waals surface area contributed by atoms with Gasteiger partial charge in [-0.25, -0.2) is 9.78 Å². The highest BCUT2D eigenvalue weighted by Gasteiger charge is 2.25. The third-order valence-electron chi connectivity index (χ3n) is 2.64. The normalized spacial score (nSPS) is 11.3. The van der Waals surface area contributed by atoms with Crippen LogP contribution >= 0.6 is 27.3 Å². The van der Waals surface area contributed by atoms with Gasteiger partial charge in [-0.15, -0.1) is 11.3 Å². The maximum Gasteiger partial charge on any atom is 0.338 e. The first-order valence-electron chi connectivity index (χ1n) is 5.62. The zero-order valence-corrected chi connectivity index (χ0v) is 12.9. The molecule has 2 rings (SSSR count). The Morgan fingerprint density at radius 1 is 1.47 bits per heavy atom. The molecule has 1 heterocycles. The van der Waals surface area contributed by atoms with E-state index in [2.05, 4.69) is 26.2 Å². The molecule has 0 bridgehead atoms. The fourth-order valence-electron chi connectivity index (χ4n) is 1.77. The zero-order chi connectivity index (χ0) is 14.0. The molecule has 1 aromatic carbocycles. The molecule has 0 atom stereocenters. The summed E-state index contributed by atoms with van der Waals surface area (Å²) in [5, 5.41) is 15.3. The van der Waals surface area contributed by atoms with E-state index in [1.807, 2.05) is 19.2 Å². The Morgan fingerprint density at radius 3 is 2.79 bits per heavy atom. The summed E-state index contributed by atoms with van der Waals surface area (Å²) in [6.45, 7) is 3.94. The van der Waals surface area contributed by atoms with E-state index in [1.54, 1.807) is 24.4 Å². The summed E-state index contributed by atoms with van der Waals surface area (Å²) in [5.74, 6) is -0.968. The zero-order valence-electron chi connectivity index (χ0n) is 10.5. The average Bonchev–Trinajstić information content (AvgIpc) is 2.81. The van der Waals surface area contributed by atoms with Gasteiger partial charge in [-0.3, -0.25) is 0 Å². The highest BCUT2D eigenvalue weighted by molar-refractivity contribution is 9.10. The van der Waals surface area contributed by atoms with Crippen molar-refractivity contribution in [2.45, 2.75) is 19.4 Å². The molecule has 4 nitrogen and oxygen atoms in total. The third kappa shape index (κ3) is 2.96. The van der Waals surface area contributed by atoms with Gasteiger partial charge in [0.1, 0.15) is 5.01 Å². The van der Waals surface area contributed by atoms with Gasteiger partial charge in [-0.05, 0) is 41.9 Å². The second-order valence-electron chi connectivity index (χ2n) is 4.55. The molecule has 0 aliphatic heterocycles. The molecular weight excluding hydrogens is 328 g/mol. The number of nitrogens with one attached hydrogen (secondary N) is 1. The number of aromatic carboxylic acids is 1. The second kappa shape index (κ2) is 5.30.